The second-order valence-electron chi connectivity index (χ2n) is 3.76. The third-order valence-corrected chi connectivity index (χ3v) is 2.82. The summed E-state index contributed by atoms with van der Waals surface area (Å²) in [5.74, 6) is 0.851. The van der Waals surface area contributed by atoms with Crippen LogP contribution in [0.2, 0.25) is 5.02 Å². The van der Waals surface area contributed by atoms with E-state index >= 15 is 0 Å². The van der Waals surface area contributed by atoms with Crippen molar-refractivity contribution < 1.29 is 4.74 Å². The monoisotopic (exact) mass is 242 g/mol. The number of hydrogen-bond acceptors (Lipinski definition) is 3. The van der Waals surface area contributed by atoms with Crippen molar-refractivity contribution in [2.75, 3.05) is 34.3 Å². The SMILES string of the molecule is CNCCN(C)Cc1c(Cl)cccc1OC. The van der Waals surface area contributed by atoms with Gasteiger partial charge in [0.25, 0.3) is 0 Å². The molecule has 1 N–H and O–H groups in total. The molecule has 0 saturated carbocycles. The summed E-state index contributed by atoms with van der Waals surface area (Å²) >= 11 is 6.16. The Balaban J connectivity index is 2.71. The van der Waals surface area contributed by atoms with E-state index in [-0.39, 0.29) is 0 Å². The van der Waals surface area contributed by atoms with Gasteiger partial charge in [0.2, 0.25) is 0 Å². The molecule has 0 aromatic heterocycles. The Hall–Kier alpha value is -0.770. The Morgan fingerprint density at radius 3 is 2.81 bits per heavy atom. The minimum absolute atomic E-state index is 0.760. The van der Waals surface area contributed by atoms with E-state index in [0.717, 1.165) is 36.0 Å². The highest BCUT2D eigenvalue weighted by molar-refractivity contribution is 6.31. The Morgan fingerprint density at radius 2 is 2.19 bits per heavy atom. The molecule has 1 rings (SSSR count). The first-order valence-corrected chi connectivity index (χ1v) is 5.71. The van der Waals surface area contributed by atoms with Gasteiger partial charge in [-0.1, -0.05) is 17.7 Å². The lowest BCUT2D eigenvalue weighted by Gasteiger charge is -2.19. The topological polar surface area (TPSA) is 24.5 Å². The van der Waals surface area contributed by atoms with Gasteiger partial charge >= 0.3 is 0 Å². The van der Waals surface area contributed by atoms with Crippen molar-refractivity contribution in [1.82, 2.24) is 10.2 Å². The molecule has 0 aliphatic rings. The highest BCUT2D eigenvalue weighted by Gasteiger charge is 2.09. The second-order valence-corrected chi connectivity index (χ2v) is 4.17. The third kappa shape index (κ3) is 3.67. The largest absolute Gasteiger partial charge is 0.496 e. The van der Waals surface area contributed by atoms with Crippen molar-refractivity contribution >= 4 is 11.6 Å². The normalized spacial score (nSPS) is 10.8. The molecule has 0 atom stereocenters. The smallest absolute Gasteiger partial charge is 0.124 e. The van der Waals surface area contributed by atoms with Crippen LogP contribution < -0.4 is 10.1 Å². The summed E-state index contributed by atoms with van der Waals surface area (Å²) < 4.78 is 5.30. The summed E-state index contributed by atoms with van der Waals surface area (Å²) in [5.41, 5.74) is 1.05. The molecule has 0 fully saturated rings. The average Bonchev–Trinajstić information content (AvgIpc) is 2.29. The van der Waals surface area contributed by atoms with E-state index in [4.69, 9.17) is 16.3 Å². The first-order chi connectivity index (χ1) is 7.69. The minimum atomic E-state index is 0.760. The zero-order valence-electron chi connectivity index (χ0n) is 10.1. The number of halogens is 1. The van der Waals surface area contributed by atoms with Gasteiger partial charge in [-0.3, -0.25) is 0 Å². The van der Waals surface area contributed by atoms with Crippen LogP contribution >= 0.6 is 11.6 Å². The molecule has 1 aromatic carbocycles. The zero-order chi connectivity index (χ0) is 12.0. The molecule has 0 unspecified atom stereocenters. The van der Waals surface area contributed by atoms with E-state index in [1.807, 2.05) is 25.2 Å². The molecule has 0 bridgehead atoms. The van der Waals surface area contributed by atoms with Crippen LogP contribution in [-0.4, -0.2) is 39.2 Å². The summed E-state index contributed by atoms with van der Waals surface area (Å²) in [7, 11) is 5.69. The Morgan fingerprint density at radius 1 is 1.44 bits per heavy atom. The van der Waals surface area contributed by atoms with Gasteiger partial charge < -0.3 is 15.0 Å². The van der Waals surface area contributed by atoms with E-state index in [9.17, 15) is 0 Å². The molecule has 1 aromatic rings. The molecular weight excluding hydrogens is 224 g/mol. The number of nitrogens with zero attached hydrogens (tertiary/aromatic N) is 1. The van der Waals surface area contributed by atoms with Crippen molar-refractivity contribution in [2.45, 2.75) is 6.54 Å². The van der Waals surface area contributed by atoms with Crippen LogP contribution in [0.15, 0.2) is 18.2 Å². The average molecular weight is 243 g/mol. The summed E-state index contributed by atoms with van der Waals surface area (Å²) in [4.78, 5) is 2.21. The molecule has 90 valence electrons. The first kappa shape index (κ1) is 13.3. The molecule has 16 heavy (non-hydrogen) atoms. The number of likely N-dealkylation sites (N-methyl/N-ethyl adjacent to an activating group) is 2. The molecular formula is C12H19ClN2O. The van der Waals surface area contributed by atoms with E-state index in [2.05, 4.69) is 17.3 Å². The van der Waals surface area contributed by atoms with Crippen LogP contribution in [0.4, 0.5) is 0 Å². The van der Waals surface area contributed by atoms with Crippen molar-refractivity contribution in [3.8, 4) is 5.75 Å². The van der Waals surface area contributed by atoms with E-state index in [1.54, 1.807) is 7.11 Å². The van der Waals surface area contributed by atoms with Crippen molar-refractivity contribution in [3.63, 3.8) is 0 Å². The molecule has 0 aliphatic heterocycles. The quantitative estimate of drug-likeness (QED) is 0.826. The highest BCUT2D eigenvalue weighted by atomic mass is 35.5. The molecule has 0 saturated heterocycles. The summed E-state index contributed by atoms with van der Waals surface area (Å²) in [6.45, 7) is 2.73. The fraction of sp³-hybridized carbons (Fsp3) is 0.500. The predicted octanol–water partition coefficient (Wildman–Crippen LogP) is 2.00. The van der Waals surface area contributed by atoms with Gasteiger partial charge in [-0.2, -0.15) is 0 Å². The number of rotatable bonds is 6. The second kappa shape index (κ2) is 6.74. The molecule has 0 amide bonds. The Labute approximate surface area is 102 Å². The van der Waals surface area contributed by atoms with Gasteiger partial charge in [-0.25, -0.2) is 0 Å². The molecule has 0 radical (unpaired) electrons. The van der Waals surface area contributed by atoms with Crippen LogP contribution in [0, 0.1) is 0 Å². The lowest BCUT2D eigenvalue weighted by atomic mass is 10.2. The number of ether oxygens (including phenoxy) is 1. The standard InChI is InChI=1S/C12H19ClN2O/c1-14-7-8-15(2)9-10-11(13)5-4-6-12(10)16-3/h4-6,14H,7-9H2,1-3H3. The Bertz CT molecular complexity index is 331. The fourth-order valence-corrected chi connectivity index (χ4v) is 1.76. The maximum Gasteiger partial charge on any atom is 0.124 e. The van der Waals surface area contributed by atoms with Crippen LogP contribution in [0.3, 0.4) is 0 Å². The van der Waals surface area contributed by atoms with Crippen LogP contribution in [0.5, 0.6) is 5.75 Å². The van der Waals surface area contributed by atoms with Crippen LogP contribution in [-0.2, 0) is 6.54 Å². The summed E-state index contributed by atoms with van der Waals surface area (Å²) in [6.07, 6.45) is 0. The van der Waals surface area contributed by atoms with Gasteiger partial charge in [-0.15, -0.1) is 0 Å². The van der Waals surface area contributed by atoms with Crippen LogP contribution in [0.1, 0.15) is 5.56 Å². The number of hydrogen-bond donors (Lipinski definition) is 1. The summed E-state index contributed by atoms with van der Waals surface area (Å²) in [6, 6.07) is 5.73. The number of benzene rings is 1. The van der Waals surface area contributed by atoms with Crippen molar-refractivity contribution in [2.24, 2.45) is 0 Å². The highest BCUT2D eigenvalue weighted by Crippen LogP contribution is 2.27. The molecule has 4 heteroatoms. The van der Waals surface area contributed by atoms with Crippen molar-refractivity contribution in [3.05, 3.63) is 28.8 Å². The van der Waals surface area contributed by atoms with Crippen LogP contribution in [0.25, 0.3) is 0 Å². The summed E-state index contributed by atoms with van der Waals surface area (Å²) in [5, 5.41) is 3.88. The van der Waals surface area contributed by atoms with Gasteiger partial charge in [-0.05, 0) is 26.2 Å². The number of nitrogens with one attached hydrogen (secondary N) is 1. The Kier molecular flexibility index (Phi) is 5.60. The van der Waals surface area contributed by atoms with E-state index in [1.165, 1.54) is 0 Å². The lowest BCUT2D eigenvalue weighted by molar-refractivity contribution is 0.318. The molecule has 0 aliphatic carbocycles. The van der Waals surface area contributed by atoms with Gasteiger partial charge in [0, 0.05) is 30.2 Å². The minimum Gasteiger partial charge on any atom is -0.496 e. The van der Waals surface area contributed by atoms with Gasteiger partial charge in [0.1, 0.15) is 5.75 Å². The zero-order valence-corrected chi connectivity index (χ0v) is 10.8. The maximum absolute atomic E-state index is 6.16. The predicted molar refractivity (Wildman–Crippen MR) is 68.3 cm³/mol. The molecule has 0 spiro atoms. The lowest BCUT2D eigenvalue weighted by Crippen LogP contribution is -2.27. The van der Waals surface area contributed by atoms with E-state index in [0.29, 0.717) is 0 Å². The van der Waals surface area contributed by atoms with Crippen molar-refractivity contribution in [1.29, 1.82) is 0 Å². The van der Waals surface area contributed by atoms with Gasteiger partial charge in [0.15, 0.2) is 0 Å². The van der Waals surface area contributed by atoms with E-state index < -0.39 is 0 Å². The third-order valence-electron chi connectivity index (χ3n) is 2.47. The molecule has 0 heterocycles. The van der Waals surface area contributed by atoms with Gasteiger partial charge in [0.05, 0.1) is 7.11 Å². The number of methoxy groups -OCH3 is 1. The maximum atomic E-state index is 6.16. The first-order valence-electron chi connectivity index (χ1n) is 5.33. The fourth-order valence-electron chi connectivity index (χ4n) is 1.54. The molecule has 3 nitrogen and oxygen atoms in total.